The Labute approximate surface area is 152 Å². The zero-order valence-corrected chi connectivity index (χ0v) is 14.6. The fraction of sp³-hybridized carbons (Fsp3) is 0.250. The molecule has 0 saturated carbocycles. The van der Waals surface area contributed by atoms with E-state index in [0.29, 0.717) is 17.8 Å². The Balaban J connectivity index is 1.95. The van der Waals surface area contributed by atoms with E-state index in [4.69, 9.17) is 5.11 Å². The van der Waals surface area contributed by atoms with Crippen molar-refractivity contribution in [2.24, 2.45) is 0 Å². The van der Waals surface area contributed by atoms with E-state index in [0.717, 1.165) is 5.56 Å². The zero-order valence-electron chi connectivity index (χ0n) is 14.6. The Bertz CT molecular complexity index is 774. The van der Waals surface area contributed by atoms with Gasteiger partial charge in [0.1, 0.15) is 0 Å². The molecule has 6 nitrogen and oxygen atoms in total. The molecule has 6 heteroatoms. The van der Waals surface area contributed by atoms with E-state index in [1.165, 1.54) is 0 Å². The first kappa shape index (κ1) is 19.2. The molecule has 136 valence electrons. The summed E-state index contributed by atoms with van der Waals surface area (Å²) in [4.78, 5) is 36.5. The molecule has 0 radical (unpaired) electrons. The number of hydrogen-bond donors (Lipinski definition) is 2. The van der Waals surface area contributed by atoms with Gasteiger partial charge in [-0.1, -0.05) is 36.4 Å². The SMILES string of the molecule is CN(Cc1ccccc1)C(=O)c1cccc(NC(=O)CCCC(=O)O)c1. The van der Waals surface area contributed by atoms with Crippen molar-refractivity contribution in [1.29, 1.82) is 0 Å². The third kappa shape index (κ3) is 6.05. The average molecular weight is 354 g/mol. The van der Waals surface area contributed by atoms with E-state index in [-0.39, 0.29) is 31.1 Å². The average Bonchev–Trinajstić information content (AvgIpc) is 2.61. The molecule has 0 heterocycles. The highest BCUT2D eigenvalue weighted by molar-refractivity contribution is 5.97. The molecule has 2 aromatic rings. The molecule has 26 heavy (non-hydrogen) atoms. The van der Waals surface area contributed by atoms with Gasteiger partial charge in [0.15, 0.2) is 0 Å². The summed E-state index contributed by atoms with van der Waals surface area (Å²) in [7, 11) is 1.73. The fourth-order valence-electron chi connectivity index (χ4n) is 2.50. The first-order valence-electron chi connectivity index (χ1n) is 8.37. The molecule has 2 aromatic carbocycles. The summed E-state index contributed by atoms with van der Waals surface area (Å²) in [6.07, 6.45) is 0.355. The molecule has 0 aliphatic carbocycles. The molecule has 0 saturated heterocycles. The van der Waals surface area contributed by atoms with E-state index >= 15 is 0 Å². The summed E-state index contributed by atoms with van der Waals surface area (Å²) >= 11 is 0. The number of carbonyl (C=O) groups excluding carboxylic acids is 2. The number of benzene rings is 2. The Hall–Kier alpha value is -3.15. The highest BCUT2D eigenvalue weighted by atomic mass is 16.4. The second-order valence-electron chi connectivity index (χ2n) is 6.02. The van der Waals surface area contributed by atoms with E-state index in [1.54, 1.807) is 36.2 Å². The summed E-state index contributed by atoms with van der Waals surface area (Å²) in [6, 6.07) is 16.4. The van der Waals surface area contributed by atoms with Crippen molar-refractivity contribution in [3.8, 4) is 0 Å². The van der Waals surface area contributed by atoms with E-state index < -0.39 is 5.97 Å². The first-order chi connectivity index (χ1) is 12.5. The van der Waals surface area contributed by atoms with E-state index in [2.05, 4.69) is 5.32 Å². The van der Waals surface area contributed by atoms with Gasteiger partial charge < -0.3 is 15.3 Å². The molecule has 0 fully saturated rings. The molecule has 0 spiro atoms. The second-order valence-corrected chi connectivity index (χ2v) is 6.02. The molecule has 2 N–H and O–H groups in total. The Kier molecular flexibility index (Phi) is 6.91. The summed E-state index contributed by atoms with van der Waals surface area (Å²) in [6.45, 7) is 0.492. The lowest BCUT2D eigenvalue weighted by molar-refractivity contribution is -0.137. The van der Waals surface area contributed by atoms with Gasteiger partial charge in [0, 0.05) is 37.7 Å². The lowest BCUT2D eigenvalue weighted by atomic mass is 10.1. The molecule has 2 rings (SSSR count). The number of amides is 2. The molecule has 2 amide bonds. The molecular formula is C20H22N2O4. The van der Waals surface area contributed by atoms with Crippen LogP contribution in [0.3, 0.4) is 0 Å². The second kappa shape index (κ2) is 9.36. The van der Waals surface area contributed by atoms with Gasteiger partial charge in [-0.2, -0.15) is 0 Å². The Morgan fingerprint density at radius 1 is 1.00 bits per heavy atom. The summed E-state index contributed by atoms with van der Waals surface area (Å²) in [5, 5.41) is 11.3. The maximum Gasteiger partial charge on any atom is 0.303 e. The number of aliphatic carboxylic acids is 1. The van der Waals surface area contributed by atoms with Crippen LogP contribution in [-0.4, -0.2) is 34.8 Å². The van der Waals surface area contributed by atoms with Crippen LogP contribution in [0.4, 0.5) is 5.69 Å². The lowest BCUT2D eigenvalue weighted by Gasteiger charge is -2.18. The molecule has 0 unspecified atom stereocenters. The van der Waals surface area contributed by atoms with Crippen LogP contribution >= 0.6 is 0 Å². The van der Waals surface area contributed by atoms with Gasteiger partial charge >= 0.3 is 5.97 Å². The van der Waals surface area contributed by atoms with Gasteiger partial charge in [0.2, 0.25) is 5.91 Å². The van der Waals surface area contributed by atoms with Gasteiger partial charge in [0.05, 0.1) is 0 Å². The van der Waals surface area contributed by atoms with Gasteiger partial charge in [0.25, 0.3) is 5.91 Å². The predicted octanol–water partition coefficient (Wildman–Crippen LogP) is 3.15. The number of anilines is 1. The first-order valence-corrected chi connectivity index (χ1v) is 8.37. The number of carbonyl (C=O) groups is 3. The number of hydrogen-bond acceptors (Lipinski definition) is 3. The number of carboxylic acids is 1. The van der Waals surface area contributed by atoms with Crippen LogP contribution in [0.25, 0.3) is 0 Å². The Morgan fingerprint density at radius 2 is 1.73 bits per heavy atom. The quantitative estimate of drug-likeness (QED) is 0.762. The highest BCUT2D eigenvalue weighted by Crippen LogP contribution is 2.14. The fourth-order valence-corrected chi connectivity index (χ4v) is 2.50. The van der Waals surface area contributed by atoms with Crippen LogP contribution in [0.5, 0.6) is 0 Å². The summed E-state index contributed by atoms with van der Waals surface area (Å²) < 4.78 is 0. The number of carboxylic acid groups (broad SMARTS) is 1. The van der Waals surface area contributed by atoms with Crippen molar-refractivity contribution in [2.75, 3.05) is 12.4 Å². The van der Waals surface area contributed by atoms with Gasteiger partial charge in [-0.3, -0.25) is 14.4 Å². The van der Waals surface area contributed by atoms with Crippen molar-refractivity contribution < 1.29 is 19.5 Å². The van der Waals surface area contributed by atoms with E-state index in [9.17, 15) is 14.4 Å². The van der Waals surface area contributed by atoms with Crippen molar-refractivity contribution in [3.63, 3.8) is 0 Å². The van der Waals surface area contributed by atoms with Crippen LogP contribution in [-0.2, 0) is 16.1 Å². The third-order valence-corrected chi connectivity index (χ3v) is 3.80. The van der Waals surface area contributed by atoms with Crippen molar-refractivity contribution in [2.45, 2.75) is 25.8 Å². The molecular weight excluding hydrogens is 332 g/mol. The minimum Gasteiger partial charge on any atom is -0.481 e. The largest absolute Gasteiger partial charge is 0.481 e. The maximum atomic E-state index is 12.6. The van der Waals surface area contributed by atoms with Crippen LogP contribution in [0.1, 0.15) is 35.2 Å². The lowest BCUT2D eigenvalue weighted by Crippen LogP contribution is -2.26. The molecule has 0 atom stereocenters. The van der Waals surface area contributed by atoms with Crippen molar-refractivity contribution in [1.82, 2.24) is 4.90 Å². The molecule has 0 aliphatic rings. The summed E-state index contributed by atoms with van der Waals surface area (Å²) in [5.74, 6) is -1.34. The maximum absolute atomic E-state index is 12.6. The minimum atomic E-state index is -0.924. The molecule has 0 bridgehead atoms. The van der Waals surface area contributed by atoms with Crippen LogP contribution in [0, 0.1) is 0 Å². The van der Waals surface area contributed by atoms with Crippen LogP contribution in [0.15, 0.2) is 54.6 Å². The van der Waals surface area contributed by atoms with Gasteiger partial charge in [-0.05, 0) is 30.2 Å². The van der Waals surface area contributed by atoms with Crippen LogP contribution in [0.2, 0.25) is 0 Å². The monoisotopic (exact) mass is 354 g/mol. The number of nitrogens with one attached hydrogen (secondary N) is 1. The molecule has 0 aromatic heterocycles. The van der Waals surface area contributed by atoms with E-state index in [1.807, 2.05) is 30.3 Å². The number of rotatable bonds is 8. The standard InChI is InChI=1S/C20H22N2O4/c1-22(14-15-7-3-2-4-8-15)20(26)16-9-5-10-17(13-16)21-18(23)11-6-12-19(24)25/h2-5,7-10,13H,6,11-12,14H2,1H3,(H,21,23)(H,24,25). The van der Waals surface area contributed by atoms with Crippen molar-refractivity contribution >= 4 is 23.5 Å². The number of nitrogens with zero attached hydrogens (tertiary/aromatic N) is 1. The predicted molar refractivity (Wildman–Crippen MR) is 98.8 cm³/mol. The van der Waals surface area contributed by atoms with Gasteiger partial charge in [-0.25, -0.2) is 0 Å². The highest BCUT2D eigenvalue weighted by Gasteiger charge is 2.13. The summed E-state index contributed by atoms with van der Waals surface area (Å²) in [5.41, 5.74) is 2.03. The molecule has 0 aliphatic heterocycles. The third-order valence-electron chi connectivity index (χ3n) is 3.80. The van der Waals surface area contributed by atoms with Gasteiger partial charge in [-0.15, -0.1) is 0 Å². The zero-order chi connectivity index (χ0) is 18.9. The van der Waals surface area contributed by atoms with Crippen LogP contribution < -0.4 is 5.32 Å². The smallest absolute Gasteiger partial charge is 0.303 e. The minimum absolute atomic E-state index is 0.0454. The van der Waals surface area contributed by atoms with Crippen molar-refractivity contribution in [3.05, 3.63) is 65.7 Å². The Morgan fingerprint density at radius 3 is 2.42 bits per heavy atom. The topological polar surface area (TPSA) is 86.7 Å². The normalized spacial score (nSPS) is 10.2.